The minimum absolute atomic E-state index is 0.230. The number of benzene rings is 1. The van der Waals surface area contributed by atoms with Crippen LogP contribution in [0.5, 0.6) is 0 Å². The highest BCUT2D eigenvalue weighted by molar-refractivity contribution is 9.10. The average Bonchev–Trinajstić information content (AvgIpc) is 2.61. The van der Waals surface area contributed by atoms with Crippen LogP contribution in [0.25, 0.3) is 0 Å². The lowest BCUT2D eigenvalue weighted by Gasteiger charge is -2.11. The Bertz CT molecular complexity index is 533. The second-order valence-electron chi connectivity index (χ2n) is 4.50. The summed E-state index contributed by atoms with van der Waals surface area (Å²) in [6.07, 6.45) is 1.55. The van der Waals surface area contributed by atoms with Crippen molar-refractivity contribution in [1.29, 1.82) is 0 Å². The molecule has 1 N–H and O–H groups in total. The molecule has 1 aliphatic heterocycles. The third-order valence-corrected chi connectivity index (χ3v) is 6.29. The molecule has 1 atom stereocenters. The summed E-state index contributed by atoms with van der Waals surface area (Å²) in [5, 5.41) is 3.64. The summed E-state index contributed by atoms with van der Waals surface area (Å²) in [4.78, 5) is 0. The zero-order chi connectivity index (χ0) is 13.2. The van der Waals surface area contributed by atoms with E-state index in [1.807, 2.05) is 18.2 Å². The highest BCUT2D eigenvalue weighted by Crippen LogP contribution is 2.22. The van der Waals surface area contributed by atoms with Crippen LogP contribution < -0.4 is 5.32 Å². The molecule has 1 fully saturated rings. The van der Waals surface area contributed by atoms with Gasteiger partial charge in [-0.1, -0.05) is 33.6 Å². The molecule has 18 heavy (non-hydrogen) atoms. The van der Waals surface area contributed by atoms with Crippen LogP contribution in [0.3, 0.4) is 0 Å². The van der Waals surface area contributed by atoms with Crippen molar-refractivity contribution in [2.24, 2.45) is 0 Å². The van der Waals surface area contributed by atoms with Crippen molar-refractivity contribution >= 4 is 37.4 Å². The van der Waals surface area contributed by atoms with Crippen LogP contribution in [0.4, 0.5) is 0 Å². The largest absolute Gasteiger partial charge is 0.311 e. The van der Waals surface area contributed by atoms with Crippen LogP contribution in [0.2, 0.25) is 5.02 Å². The SMILES string of the molecule is O=S1(=O)CCCC1CNCc1ccc(Br)cc1Cl. The van der Waals surface area contributed by atoms with E-state index < -0.39 is 9.84 Å². The maximum absolute atomic E-state index is 11.6. The molecule has 6 heteroatoms. The van der Waals surface area contributed by atoms with Gasteiger partial charge in [0.1, 0.15) is 0 Å². The zero-order valence-corrected chi connectivity index (χ0v) is 13.0. The van der Waals surface area contributed by atoms with Gasteiger partial charge in [-0.2, -0.15) is 0 Å². The molecule has 3 nitrogen and oxygen atoms in total. The fourth-order valence-electron chi connectivity index (χ4n) is 2.12. The van der Waals surface area contributed by atoms with Crippen molar-refractivity contribution in [3.8, 4) is 0 Å². The number of halogens is 2. The molecule has 1 saturated heterocycles. The monoisotopic (exact) mass is 351 g/mol. The number of hydrogen-bond donors (Lipinski definition) is 1. The Labute approximate surface area is 121 Å². The van der Waals surface area contributed by atoms with Crippen LogP contribution in [-0.2, 0) is 16.4 Å². The molecule has 100 valence electrons. The van der Waals surface area contributed by atoms with Crippen LogP contribution in [0.15, 0.2) is 22.7 Å². The minimum Gasteiger partial charge on any atom is -0.311 e. The van der Waals surface area contributed by atoms with Gasteiger partial charge in [0.2, 0.25) is 0 Å². The molecule has 0 radical (unpaired) electrons. The van der Waals surface area contributed by atoms with E-state index in [1.165, 1.54) is 0 Å². The average molecular weight is 353 g/mol. The van der Waals surface area contributed by atoms with Gasteiger partial charge in [0.25, 0.3) is 0 Å². The standard InChI is InChI=1S/C12H15BrClNO2S/c13-10-4-3-9(12(14)6-10)7-15-8-11-2-1-5-18(11,16)17/h3-4,6,11,15H,1-2,5,7-8H2. The summed E-state index contributed by atoms with van der Waals surface area (Å²) < 4.78 is 24.2. The Morgan fingerprint density at radius 1 is 1.44 bits per heavy atom. The van der Waals surface area contributed by atoms with E-state index in [1.54, 1.807) is 0 Å². The molecule has 0 aliphatic carbocycles. The first kappa shape index (κ1) is 14.3. The van der Waals surface area contributed by atoms with E-state index in [0.29, 0.717) is 23.9 Å². The van der Waals surface area contributed by atoms with Crippen LogP contribution in [-0.4, -0.2) is 26.0 Å². The van der Waals surface area contributed by atoms with E-state index in [-0.39, 0.29) is 5.25 Å². The lowest BCUT2D eigenvalue weighted by Crippen LogP contribution is -2.30. The summed E-state index contributed by atoms with van der Waals surface area (Å²) in [5.74, 6) is 0.332. The highest BCUT2D eigenvalue weighted by Gasteiger charge is 2.30. The lowest BCUT2D eigenvalue weighted by atomic mass is 10.2. The molecule has 2 rings (SSSR count). The van der Waals surface area contributed by atoms with Crippen molar-refractivity contribution in [2.75, 3.05) is 12.3 Å². The zero-order valence-electron chi connectivity index (χ0n) is 9.83. The van der Waals surface area contributed by atoms with Crippen LogP contribution in [0.1, 0.15) is 18.4 Å². The van der Waals surface area contributed by atoms with Crippen molar-refractivity contribution < 1.29 is 8.42 Å². The predicted octanol–water partition coefficient (Wildman–Crippen LogP) is 2.77. The van der Waals surface area contributed by atoms with Crippen molar-refractivity contribution in [3.05, 3.63) is 33.3 Å². The molecule has 1 aliphatic rings. The van der Waals surface area contributed by atoms with Gasteiger partial charge in [-0.25, -0.2) is 8.42 Å². The van der Waals surface area contributed by atoms with Gasteiger partial charge in [0.15, 0.2) is 9.84 Å². The molecular weight excluding hydrogens is 338 g/mol. The molecule has 0 spiro atoms. The fourth-order valence-corrected chi connectivity index (χ4v) is 4.66. The summed E-state index contributed by atoms with van der Waals surface area (Å²) in [7, 11) is -2.86. The first-order valence-electron chi connectivity index (χ1n) is 5.85. The Hall–Kier alpha value is -0.100. The molecule has 1 heterocycles. The van der Waals surface area contributed by atoms with Gasteiger partial charge in [0.05, 0.1) is 11.0 Å². The topological polar surface area (TPSA) is 46.2 Å². The molecule has 0 bridgehead atoms. The molecule has 1 unspecified atom stereocenters. The molecule has 1 aromatic carbocycles. The maximum Gasteiger partial charge on any atom is 0.154 e. The second kappa shape index (κ2) is 5.90. The number of rotatable bonds is 4. The first-order valence-corrected chi connectivity index (χ1v) is 8.74. The van der Waals surface area contributed by atoms with E-state index in [4.69, 9.17) is 11.6 Å². The highest BCUT2D eigenvalue weighted by atomic mass is 79.9. The van der Waals surface area contributed by atoms with E-state index in [2.05, 4.69) is 21.2 Å². The molecule has 0 aromatic heterocycles. The lowest BCUT2D eigenvalue weighted by molar-refractivity contribution is 0.574. The van der Waals surface area contributed by atoms with Crippen molar-refractivity contribution in [1.82, 2.24) is 5.32 Å². The van der Waals surface area contributed by atoms with E-state index in [0.717, 1.165) is 22.9 Å². The van der Waals surface area contributed by atoms with E-state index in [9.17, 15) is 8.42 Å². The summed E-state index contributed by atoms with van der Waals surface area (Å²) in [6, 6.07) is 5.70. The smallest absolute Gasteiger partial charge is 0.154 e. The third-order valence-electron chi connectivity index (χ3n) is 3.17. The number of sulfone groups is 1. The molecule has 0 amide bonds. The van der Waals surface area contributed by atoms with Crippen molar-refractivity contribution in [2.45, 2.75) is 24.6 Å². The Balaban J connectivity index is 1.89. The van der Waals surface area contributed by atoms with E-state index >= 15 is 0 Å². The second-order valence-corrected chi connectivity index (χ2v) is 8.22. The Morgan fingerprint density at radius 3 is 2.83 bits per heavy atom. The van der Waals surface area contributed by atoms with Gasteiger partial charge in [-0.15, -0.1) is 0 Å². The number of nitrogens with one attached hydrogen (secondary N) is 1. The summed E-state index contributed by atoms with van der Waals surface area (Å²) in [6.45, 7) is 1.10. The summed E-state index contributed by atoms with van der Waals surface area (Å²) >= 11 is 9.44. The van der Waals surface area contributed by atoms with Gasteiger partial charge >= 0.3 is 0 Å². The maximum atomic E-state index is 11.6. The predicted molar refractivity (Wildman–Crippen MR) is 77.7 cm³/mol. The summed E-state index contributed by atoms with van der Waals surface area (Å²) in [5.41, 5.74) is 0.982. The molecular formula is C12H15BrClNO2S. The van der Waals surface area contributed by atoms with Crippen LogP contribution in [0, 0.1) is 0 Å². The Kier molecular flexibility index (Phi) is 4.69. The van der Waals surface area contributed by atoms with Crippen molar-refractivity contribution in [3.63, 3.8) is 0 Å². The minimum atomic E-state index is -2.86. The van der Waals surface area contributed by atoms with Gasteiger partial charge < -0.3 is 5.32 Å². The normalized spacial score (nSPS) is 22.2. The van der Waals surface area contributed by atoms with Crippen LogP contribution >= 0.6 is 27.5 Å². The Morgan fingerprint density at radius 2 is 2.22 bits per heavy atom. The number of hydrogen-bond acceptors (Lipinski definition) is 3. The van der Waals surface area contributed by atoms with Gasteiger partial charge in [0, 0.05) is 22.6 Å². The first-order chi connectivity index (χ1) is 8.49. The molecule has 1 aromatic rings. The molecule has 0 saturated carbocycles. The third kappa shape index (κ3) is 3.47. The van der Waals surface area contributed by atoms with Gasteiger partial charge in [-0.05, 0) is 30.5 Å². The van der Waals surface area contributed by atoms with Gasteiger partial charge in [-0.3, -0.25) is 0 Å². The fraction of sp³-hybridized carbons (Fsp3) is 0.500. The quantitative estimate of drug-likeness (QED) is 0.906.